The van der Waals surface area contributed by atoms with Crippen molar-refractivity contribution in [2.75, 3.05) is 6.61 Å². The number of nitrogens with zero attached hydrogens (tertiary/aromatic N) is 2. The Balaban J connectivity index is 1.68. The lowest BCUT2D eigenvalue weighted by Gasteiger charge is -2.11. The highest BCUT2D eigenvalue weighted by Gasteiger charge is 2.25. The molecule has 8 bridgehead atoms. The third kappa shape index (κ3) is 6.97. The second kappa shape index (κ2) is 16.3. The quantitative estimate of drug-likeness (QED) is 0.130. The number of unbranched alkanes of at least 4 members (excludes halogenated alkanes) is 1. The first-order valence-electron chi connectivity index (χ1n) is 19.9. The van der Waals surface area contributed by atoms with Crippen molar-refractivity contribution in [1.29, 1.82) is 0 Å². The van der Waals surface area contributed by atoms with E-state index in [0.29, 0.717) is 6.61 Å². The van der Waals surface area contributed by atoms with Gasteiger partial charge < -0.3 is 14.7 Å². The molecule has 6 rings (SSSR count). The van der Waals surface area contributed by atoms with E-state index < -0.39 is 0 Å². The molecule has 0 aliphatic carbocycles. The molecule has 2 aliphatic heterocycles. The van der Waals surface area contributed by atoms with Crippen LogP contribution in [0.4, 0.5) is 0 Å². The number of hydrogen-bond donors (Lipinski definition) is 2. The van der Waals surface area contributed by atoms with Crippen molar-refractivity contribution in [2.45, 2.75) is 126 Å². The van der Waals surface area contributed by atoms with Crippen LogP contribution in [-0.4, -0.2) is 26.5 Å². The van der Waals surface area contributed by atoms with Gasteiger partial charge in [-0.2, -0.15) is 0 Å². The molecule has 0 fully saturated rings. The summed E-state index contributed by atoms with van der Waals surface area (Å²) in [5.74, 6) is 0.934. The van der Waals surface area contributed by atoms with Gasteiger partial charge in [-0.3, -0.25) is 0 Å². The summed E-state index contributed by atoms with van der Waals surface area (Å²) in [5, 5.41) is 0. The number of nitrogens with one attached hydrogen (secondary N) is 2. The summed E-state index contributed by atoms with van der Waals surface area (Å²) in [6.07, 6.45) is 10.6. The number of para-hydroxylation sites is 1. The lowest BCUT2D eigenvalue weighted by Crippen LogP contribution is -2.01. The zero-order chi connectivity index (χ0) is 36.1. The summed E-state index contributed by atoms with van der Waals surface area (Å²) in [6, 6.07) is 17.2. The number of allylic oxidation sites excluding steroid dienone is 4. The average molecular weight is 683 g/mol. The van der Waals surface area contributed by atoms with E-state index in [1.807, 2.05) is 30.3 Å². The SMILES string of the molecule is CCC1=C(CC)c2cc3[nH]c(cc4[nH]c(c(CCCCOc5ccccc5)c5nc(cc1n2)C(CC)=C5CC)c(CC)c4CC)c(CC)c3CC. The molecular weight excluding hydrogens is 625 g/mol. The minimum Gasteiger partial charge on any atom is -0.494 e. The summed E-state index contributed by atoms with van der Waals surface area (Å²) < 4.78 is 6.13. The van der Waals surface area contributed by atoms with Crippen LogP contribution in [0, 0.1) is 0 Å². The minimum absolute atomic E-state index is 0.701. The van der Waals surface area contributed by atoms with E-state index in [2.05, 4.69) is 83.6 Å². The number of hydrogen-bond acceptors (Lipinski definition) is 3. The zero-order valence-corrected chi connectivity index (χ0v) is 32.4. The van der Waals surface area contributed by atoms with Crippen molar-refractivity contribution in [2.24, 2.45) is 0 Å². The number of aryl methyl sites for hydroxylation is 5. The van der Waals surface area contributed by atoms with Crippen LogP contribution in [0.25, 0.3) is 44.4 Å². The van der Waals surface area contributed by atoms with Gasteiger partial charge in [0.15, 0.2) is 0 Å². The van der Waals surface area contributed by atoms with Crippen LogP contribution in [0.5, 0.6) is 5.75 Å². The number of rotatable bonds is 14. The highest BCUT2D eigenvalue weighted by molar-refractivity contribution is 5.97. The molecule has 268 valence electrons. The third-order valence-electron chi connectivity index (χ3n) is 11.0. The van der Waals surface area contributed by atoms with Gasteiger partial charge in [-0.15, -0.1) is 0 Å². The maximum atomic E-state index is 6.13. The monoisotopic (exact) mass is 682 g/mol. The van der Waals surface area contributed by atoms with E-state index in [-0.39, 0.29) is 0 Å². The number of H-pyrrole nitrogens is 2. The number of fused-ring (bicyclic) bond motifs is 8. The molecule has 0 radical (unpaired) electrons. The van der Waals surface area contributed by atoms with Crippen LogP contribution in [0.3, 0.4) is 0 Å². The second-order valence-corrected chi connectivity index (χ2v) is 13.8. The molecule has 3 aromatic heterocycles. The number of aromatic amines is 2. The molecule has 0 saturated carbocycles. The van der Waals surface area contributed by atoms with Gasteiger partial charge >= 0.3 is 0 Å². The minimum atomic E-state index is 0.701. The highest BCUT2D eigenvalue weighted by Crippen LogP contribution is 2.41. The van der Waals surface area contributed by atoms with Gasteiger partial charge in [0.1, 0.15) is 5.75 Å². The Kier molecular flexibility index (Phi) is 11.6. The lowest BCUT2D eigenvalue weighted by molar-refractivity contribution is 0.307. The summed E-state index contributed by atoms with van der Waals surface area (Å²) in [5.41, 5.74) is 21.7. The highest BCUT2D eigenvalue weighted by atomic mass is 16.5. The Labute approximate surface area is 305 Å². The molecule has 4 aromatic rings. The van der Waals surface area contributed by atoms with Gasteiger partial charge in [-0.1, -0.05) is 73.6 Å². The Morgan fingerprint density at radius 1 is 0.490 bits per heavy atom. The topological polar surface area (TPSA) is 66.6 Å². The van der Waals surface area contributed by atoms with Gasteiger partial charge in [-0.25, -0.2) is 9.97 Å². The Morgan fingerprint density at radius 3 is 1.63 bits per heavy atom. The Morgan fingerprint density at radius 2 is 1.02 bits per heavy atom. The van der Waals surface area contributed by atoms with Crippen LogP contribution < -0.4 is 4.74 Å². The van der Waals surface area contributed by atoms with E-state index in [9.17, 15) is 0 Å². The van der Waals surface area contributed by atoms with E-state index in [4.69, 9.17) is 14.7 Å². The molecule has 0 spiro atoms. The van der Waals surface area contributed by atoms with E-state index in [1.54, 1.807) is 0 Å². The number of aromatic nitrogens is 4. The van der Waals surface area contributed by atoms with Crippen molar-refractivity contribution in [3.63, 3.8) is 0 Å². The van der Waals surface area contributed by atoms with Crippen molar-refractivity contribution >= 4 is 44.4 Å². The standard InChI is InChI=1S/C46H58N4O/c1-9-30-32(11-3)41-27-43-34(13-5)36(15-7)45(49-43)38(24-20-21-25-51-29-22-18-17-19-23-29)46-37(16-8)35(14-6)44(50-46)28-42-33(12-4)31(10-2)40(48-42)26-39(30)47-41/h17-19,22-23,26-28,47,49H,9-16,20-21,24-25H2,1-8H3. The molecule has 0 saturated heterocycles. The molecule has 51 heavy (non-hydrogen) atoms. The first-order chi connectivity index (χ1) is 24.9. The van der Waals surface area contributed by atoms with E-state index in [0.717, 1.165) is 93.5 Å². The van der Waals surface area contributed by atoms with Crippen LogP contribution in [0.1, 0.15) is 145 Å². The van der Waals surface area contributed by atoms with Crippen molar-refractivity contribution in [3.8, 4) is 5.75 Å². The summed E-state index contributed by atoms with van der Waals surface area (Å²) in [4.78, 5) is 18.9. The van der Waals surface area contributed by atoms with Crippen molar-refractivity contribution < 1.29 is 4.74 Å². The van der Waals surface area contributed by atoms with E-state index in [1.165, 1.54) is 77.9 Å². The number of ether oxygens (including phenoxy) is 1. The summed E-state index contributed by atoms with van der Waals surface area (Å²) in [7, 11) is 0. The van der Waals surface area contributed by atoms with Crippen LogP contribution >= 0.6 is 0 Å². The largest absolute Gasteiger partial charge is 0.494 e. The Hall–Kier alpha value is -4.38. The van der Waals surface area contributed by atoms with Gasteiger partial charge in [0.2, 0.25) is 0 Å². The zero-order valence-electron chi connectivity index (χ0n) is 32.4. The van der Waals surface area contributed by atoms with Crippen LogP contribution in [0.2, 0.25) is 0 Å². The molecule has 2 N–H and O–H groups in total. The molecule has 5 heterocycles. The third-order valence-corrected chi connectivity index (χ3v) is 11.0. The average Bonchev–Trinajstić information content (AvgIpc) is 3.88. The second-order valence-electron chi connectivity index (χ2n) is 13.8. The molecule has 5 heteroatoms. The fourth-order valence-electron chi connectivity index (χ4n) is 8.63. The van der Waals surface area contributed by atoms with Crippen molar-refractivity contribution in [3.05, 3.63) is 99.1 Å². The van der Waals surface area contributed by atoms with Gasteiger partial charge in [0.05, 0.1) is 29.4 Å². The molecule has 1 aromatic carbocycles. The van der Waals surface area contributed by atoms with Gasteiger partial charge in [-0.05, 0) is 146 Å². The number of benzene rings is 1. The molecule has 0 amide bonds. The van der Waals surface area contributed by atoms with Gasteiger partial charge in [0.25, 0.3) is 0 Å². The molecule has 2 aliphatic rings. The normalized spacial score (nSPS) is 13.1. The smallest absolute Gasteiger partial charge is 0.119 e. The van der Waals surface area contributed by atoms with Crippen molar-refractivity contribution in [1.82, 2.24) is 19.9 Å². The van der Waals surface area contributed by atoms with Gasteiger partial charge in [0, 0.05) is 27.6 Å². The fourth-order valence-corrected chi connectivity index (χ4v) is 8.63. The summed E-state index contributed by atoms with van der Waals surface area (Å²) in [6.45, 7) is 19.0. The maximum absolute atomic E-state index is 6.13. The van der Waals surface area contributed by atoms with E-state index >= 15 is 0 Å². The predicted octanol–water partition coefficient (Wildman–Crippen LogP) is 12.4. The maximum Gasteiger partial charge on any atom is 0.119 e. The Bertz CT molecular complexity index is 2110. The summed E-state index contributed by atoms with van der Waals surface area (Å²) >= 11 is 0. The van der Waals surface area contributed by atoms with Crippen LogP contribution in [-0.2, 0) is 32.1 Å². The fraction of sp³-hybridized carbons (Fsp3) is 0.435. The first-order valence-corrected chi connectivity index (χ1v) is 19.9. The van der Waals surface area contributed by atoms with Crippen LogP contribution in [0.15, 0.2) is 48.5 Å². The predicted molar refractivity (Wildman–Crippen MR) is 218 cm³/mol. The molecule has 5 nitrogen and oxygen atoms in total. The first kappa shape index (κ1) is 36.4. The molecule has 0 unspecified atom stereocenters. The molecular formula is C46H58N4O. The lowest BCUT2D eigenvalue weighted by atomic mass is 9.94. The molecule has 0 atom stereocenters.